The van der Waals surface area contributed by atoms with Crippen molar-refractivity contribution >= 4 is 5.95 Å². The Balaban J connectivity index is 1.76. The molecule has 2 heterocycles. The molecule has 0 radical (unpaired) electrons. The minimum Gasteiger partial charge on any atom is -0.337 e. The maximum absolute atomic E-state index is 13.6. The van der Waals surface area contributed by atoms with Crippen LogP contribution < -0.4 is 10.2 Å². The van der Waals surface area contributed by atoms with E-state index in [1.165, 1.54) is 18.2 Å². The van der Waals surface area contributed by atoms with Gasteiger partial charge in [-0.3, -0.25) is 5.10 Å². The zero-order valence-corrected chi connectivity index (χ0v) is 11.7. The number of nitrogens with one attached hydrogen (secondary N) is 2. The van der Waals surface area contributed by atoms with E-state index in [1.807, 2.05) is 0 Å². The lowest BCUT2D eigenvalue weighted by Gasteiger charge is -2.30. The molecule has 1 fully saturated rings. The fourth-order valence-corrected chi connectivity index (χ4v) is 2.49. The summed E-state index contributed by atoms with van der Waals surface area (Å²) >= 11 is 0. The van der Waals surface area contributed by atoms with E-state index >= 15 is 0 Å². The lowest BCUT2D eigenvalue weighted by atomic mass is 10.1. The van der Waals surface area contributed by atoms with Crippen LogP contribution >= 0.6 is 0 Å². The Morgan fingerprint density at radius 1 is 1.33 bits per heavy atom. The van der Waals surface area contributed by atoms with Crippen molar-refractivity contribution in [3.63, 3.8) is 0 Å². The van der Waals surface area contributed by atoms with Crippen molar-refractivity contribution in [3.05, 3.63) is 41.2 Å². The van der Waals surface area contributed by atoms with Crippen LogP contribution in [0.25, 0.3) is 0 Å². The van der Waals surface area contributed by atoms with E-state index < -0.39 is 11.6 Å². The number of aromatic amines is 1. The number of piperazine rings is 1. The Morgan fingerprint density at radius 3 is 2.81 bits per heavy atom. The van der Waals surface area contributed by atoms with Gasteiger partial charge in [0.1, 0.15) is 17.5 Å². The quantitative estimate of drug-likeness (QED) is 0.900. The lowest BCUT2D eigenvalue weighted by molar-refractivity contribution is 0.479. The van der Waals surface area contributed by atoms with Gasteiger partial charge in [0, 0.05) is 37.7 Å². The molecule has 0 bridgehead atoms. The Morgan fingerprint density at radius 2 is 2.10 bits per heavy atom. The molecule has 1 aromatic carbocycles. The number of rotatable bonds is 3. The number of benzene rings is 1. The van der Waals surface area contributed by atoms with Gasteiger partial charge in [-0.1, -0.05) is 6.07 Å². The maximum Gasteiger partial charge on any atom is 0.244 e. The topological polar surface area (TPSA) is 56.8 Å². The Hall–Kier alpha value is -2.02. The first-order valence-electron chi connectivity index (χ1n) is 6.96. The van der Waals surface area contributed by atoms with Crippen LogP contribution in [-0.4, -0.2) is 40.9 Å². The number of aromatic nitrogens is 3. The molecule has 1 aromatic heterocycles. The number of H-pyrrole nitrogens is 1. The molecule has 0 amide bonds. The standard InChI is InChI=1S/C14H17F2N5/c1-9-8-21(6-5-17-9)14-18-13(19-20-14)7-10-11(15)3-2-4-12(10)16/h2-4,9,17H,5-8H2,1H3,(H,18,19,20)/t9-/m1/s1. The second kappa shape index (κ2) is 5.77. The Bertz CT molecular complexity index is 607. The summed E-state index contributed by atoms with van der Waals surface area (Å²) in [4.78, 5) is 6.40. The number of anilines is 1. The summed E-state index contributed by atoms with van der Waals surface area (Å²) in [6.45, 7) is 4.59. The minimum absolute atomic E-state index is 0.00822. The number of hydrogen-bond donors (Lipinski definition) is 2. The van der Waals surface area contributed by atoms with Crippen molar-refractivity contribution in [2.45, 2.75) is 19.4 Å². The van der Waals surface area contributed by atoms with Gasteiger partial charge in [0.05, 0.1) is 0 Å². The van der Waals surface area contributed by atoms with Crippen LogP contribution in [0.3, 0.4) is 0 Å². The number of nitrogens with zero attached hydrogens (tertiary/aromatic N) is 3. The second-order valence-electron chi connectivity index (χ2n) is 5.26. The largest absolute Gasteiger partial charge is 0.337 e. The van der Waals surface area contributed by atoms with Crippen LogP contribution in [0.5, 0.6) is 0 Å². The van der Waals surface area contributed by atoms with Gasteiger partial charge in [-0.05, 0) is 19.1 Å². The molecule has 0 aliphatic carbocycles. The summed E-state index contributed by atoms with van der Waals surface area (Å²) in [6.07, 6.45) is 0.0626. The molecule has 3 rings (SSSR count). The average molecular weight is 293 g/mol. The molecule has 7 heteroatoms. The molecule has 1 aliphatic rings. The third kappa shape index (κ3) is 3.02. The van der Waals surface area contributed by atoms with E-state index in [0.717, 1.165) is 19.6 Å². The number of hydrogen-bond acceptors (Lipinski definition) is 4. The number of halogens is 2. The van der Waals surface area contributed by atoms with Gasteiger partial charge < -0.3 is 10.2 Å². The molecule has 5 nitrogen and oxygen atoms in total. The van der Waals surface area contributed by atoms with Crippen molar-refractivity contribution in [1.29, 1.82) is 0 Å². The molecule has 0 spiro atoms. The summed E-state index contributed by atoms with van der Waals surface area (Å²) in [7, 11) is 0. The molecule has 112 valence electrons. The molecule has 21 heavy (non-hydrogen) atoms. The van der Waals surface area contributed by atoms with Crippen LogP contribution in [0.15, 0.2) is 18.2 Å². The summed E-state index contributed by atoms with van der Waals surface area (Å²) in [5.74, 6) is -0.0947. The van der Waals surface area contributed by atoms with Crippen molar-refractivity contribution in [2.75, 3.05) is 24.5 Å². The summed E-state index contributed by atoms with van der Waals surface area (Å²) < 4.78 is 27.3. The smallest absolute Gasteiger partial charge is 0.244 e. The maximum atomic E-state index is 13.6. The first-order chi connectivity index (χ1) is 10.1. The predicted octanol–water partition coefficient (Wildman–Crippen LogP) is 1.47. The van der Waals surface area contributed by atoms with E-state index in [1.54, 1.807) is 0 Å². The van der Waals surface area contributed by atoms with Gasteiger partial charge >= 0.3 is 0 Å². The Labute approximate surface area is 121 Å². The summed E-state index contributed by atoms with van der Waals surface area (Å²) in [6, 6.07) is 4.20. The van der Waals surface area contributed by atoms with Crippen molar-refractivity contribution < 1.29 is 8.78 Å². The van der Waals surface area contributed by atoms with Crippen LogP contribution in [0.2, 0.25) is 0 Å². The monoisotopic (exact) mass is 293 g/mol. The van der Waals surface area contributed by atoms with Gasteiger partial charge in [0.15, 0.2) is 0 Å². The highest BCUT2D eigenvalue weighted by Gasteiger charge is 2.20. The van der Waals surface area contributed by atoms with E-state index in [2.05, 4.69) is 32.3 Å². The van der Waals surface area contributed by atoms with Gasteiger partial charge in [-0.2, -0.15) is 4.98 Å². The summed E-state index contributed by atoms with van der Waals surface area (Å²) in [5.41, 5.74) is 0.00822. The first kappa shape index (κ1) is 13.9. The van der Waals surface area contributed by atoms with Crippen LogP contribution in [0.1, 0.15) is 18.3 Å². The lowest BCUT2D eigenvalue weighted by Crippen LogP contribution is -2.49. The van der Waals surface area contributed by atoms with Gasteiger partial charge in [-0.15, -0.1) is 5.10 Å². The highest BCUT2D eigenvalue weighted by atomic mass is 19.1. The predicted molar refractivity (Wildman–Crippen MR) is 75.2 cm³/mol. The molecule has 0 saturated carbocycles. The highest BCUT2D eigenvalue weighted by molar-refractivity contribution is 5.31. The minimum atomic E-state index is -0.566. The molecule has 1 aliphatic heterocycles. The molecule has 2 aromatic rings. The second-order valence-corrected chi connectivity index (χ2v) is 5.26. The Kier molecular flexibility index (Phi) is 3.83. The zero-order chi connectivity index (χ0) is 14.8. The van der Waals surface area contributed by atoms with Crippen molar-refractivity contribution in [3.8, 4) is 0 Å². The fraction of sp³-hybridized carbons (Fsp3) is 0.429. The van der Waals surface area contributed by atoms with Crippen molar-refractivity contribution in [2.24, 2.45) is 0 Å². The fourth-order valence-electron chi connectivity index (χ4n) is 2.49. The zero-order valence-electron chi connectivity index (χ0n) is 11.7. The third-order valence-corrected chi connectivity index (χ3v) is 3.58. The third-order valence-electron chi connectivity index (χ3n) is 3.58. The van der Waals surface area contributed by atoms with E-state index in [0.29, 0.717) is 17.8 Å². The van der Waals surface area contributed by atoms with Crippen molar-refractivity contribution in [1.82, 2.24) is 20.5 Å². The van der Waals surface area contributed by atoms with Crippen LogP contribution in [0, 0.1) is 11.6 Å². The molecule has 0 unspecified atom stereocenters. The van der Waals surface area contributed by atoms with Crippen LogP contribution in [-0.2, 0) is 6.42 Å². The van der Waals surface area contributed by atoms with Gasteiger partial charge in [0.2, 0.25) is 5.95 Å². The molecule has 1 atom stereocenters. The highest BCUT2D eigenvalue weighted by Crippen LogP contribution is 2.17. The summed E-state index contributed by atoms with van der Waals surface area (Å²) in [5, 5.41) is 10.2. The average Bonchev–Trinajstić information content (AvgIpc) is 2.92. The van der Waals surface area contributed by atoms with Gasteiger partial charge in [0.25, 0.3) is 0 Å². The normalized spacial score (nSPS) is 19.0. The van der Waals surface area contributed by atoms with E-state index in [-0.39, 0.29) is 12.0 Å². The van der Waals surface area contributed by atoms with E-state index in [9.17, 15) is 8.78 Å². The SMILES string of the molecule is C[C@@H]1CN(c2n[nH]c(Cc3c(F)cccc3F)n2)CCN1. The first-order valence-corrected chi connectivity index (χ1v) is 6.96. The van der Waals surface area contributed by atoms with Crippen LogP contribution in [0.4, 0.5) is 14.7 Å². The van der Waals surface area contributed by atoms with E-state index in [4.69, 9.17) is 0 Å². The molecule has 2 N–H and O–H groups in total. The molecule has 1 saturated heterocycles. The molecular weight excluding hydrogens is 276 g/mol. The van der Waals surface area contributed by atoms with Gasteiger partial charge in [-0.25, -0.2) is 8.78 Å². The molecular formula is C14H17F2N5.